The van der Waals surface area contributed by atoms with Gasteiger partial charge in [0.15, 0.2) is 0 Å². The summed E-state index contributed by atoms with van der Waals surface area (Å²) in [5, 5.41) is 17.2. The van der Waals surface area contributed by atoms with E-state index in [4.69, 9.17) is 5.11 Å². The number of rotatable bonds is 6. The van der Waals surface area contributed by atoms with Crippen molar-refractivity contribution in [3.8, 4) is 0 Å². The van der Waals surface area contributed by atoms with E-state index in [2.05, 4.69) is 17.3 Å². The van der Waals surface area contributed by atoms with E-state index in [-0.39, 0.29) is 24.5 Å². The van der Waals surface area contributed by atoms with Crippen molar-refractivity contribution in [2.24, 2.45) is 0 Å². The summed E-state index contributed by atoms with van der Waals surface area (Å²) in [6, 6.07) is 7.35. The van der Waals surface area contributed by atoms with Crippen molar-refractivity contribution in [3.05, 3.63) is 53.1 Å². The van der Waals surface area contributed by atoms with Crippen molar-refractivity contribution in [2.45, 2.75) is 51.2 Å². The number of aromatic nitrogens is 2. The second-order valence-corrected chi connectivity index (χ2v) is 6.34. The van der Waals surface area contributed by atoms with E-state index in [1.165, 1.54) is 17.3 Å². The van der Waals surface area contributed by atoms with E-state index in [0.717, 1.165) is 31.2 Å². The maximum atomic E-state index is 13.3. The number of aliphatic hydroxyl groups is 1. The molecule has 1 aliphatic rings. The predicted molar refractivity (Wildman–Crippen MR) is 87.7 cm³/mol. The smallest absolute Gasteiger partial charge is 0.123 e. The molecule has 2 unspecified atom stereocenters. The monoisotopic (exact) mass is 317 g/mol. The Morgan fingerprint density at radius 2 is 2.35 bits per heavy atom. The molecule has 2 aromatic rings. The molecule has 0 spiro atoms. The Hall–Kier alpha value is -1.72. The highest BCUT2D eigenvalue weighted by Crippen LogP contribution is 2.30. The first-order valence-electron chi connectivity index (χ1n) is 8.33. The number of benzene rings is 1. The molecular weight excluding hydrogens is 293 g/mol. The Morgan fingerprint density at radius 3 is 3.13 bits per heavy atom. The van der Waals surface area contributed by atoms with Crippen LogP contribution < -0.4 is 5.32 Å². The first-order chi connectivity index (χ1) is 11.2. The Labute approximate surface area is 136 Å². The van der Waals surface area contributed by atoms with Gasteiger partial charge in [0.2, 0.25) is 0 Å². The van der Waals surface area contributed by atoms with E-state index in [1.807, 2.05) is 16.9 Å². The molecule has 0 amide bonds. The Bertz CT molecular complexity index is 655. The van der Waals surface area contributed by atoms with E-state index < -0.39 is 0 Å². The molecule has 1 heterocycles. The van der Waals surface area contributed by atoms with Crippen LogP contribution in [-0.4, -0.2) is 27.5 Å². The number of nitrogens with zero attached hydrogens (tertiary/aromatic N) is 2. The molecule has 0 saturated heterocycles. The normalized spacial score (nSPS) is 18.7. The van der Waals surface area contributed by atoms with E-state index in [1.54, 1.807) is 12.1 Å². The fourth-order valence-corrected chi connectivity index (χ4v) is 3.50. The Kier molecular flexibility index (Phi) is 5.08. The van der Waals surface area contributed by atoms with Crippen molar-refractivity contribution in [2.75, 3.05) is 6.61 Å². The molecule has 2 atom stereocenters. The third-order valence-corrected chi connectivity index (χ3v) is 4.49. The minimum atomic E-state index is -0.181. The molecule has 0 fully saturated rings. The van der Waals surface area contributed by atoms with Gasteiger partial charge in [0.05, 0.1) is 19.3 Å². The minimum absolute atomic E-state index is 0.113. The number of aliphatic hydroxyl groups excluding tert-OH is 1. The van der Waals surface area contributed by atoms with Gasteiger partial charge >= 0.3 is 0 Å². The average molecular weight is 317 g/mol. The highest BCUT2D eigenvalue weighted by Gasteiger charge is 2.25. The molecule has 0 aliphatic heterocycles. The molecule has 0 radical (unpaired) electrons. The fourth-order valence-electron chi connectivity index (χ4n) is 3.50. The number of hydrogen-bond acceptors (Lipinski definition) is 3. The summed E-state index contributed by atoms with van der Waals surface area (Å²) in [4.78, 5) is 0. The second-order valence-electron chi connectivity index (χ2n) is 6.34. The van der Waals surface area contributed by atoms with Crippen LogP contribution in [-0.2, 0) is 19.4 Å². The number of halogens is 1. The molecule has 0 saturated carbocycles. The number of nitrogens with one attached hydrogen (secondary N) is 1. The lowest BCUT2D eigenvalue weighted by Gasteiger charge is -2.27. The molecule has 2 N–H and O–H groups in total. The topological polar surface area (TPSA) is 50.1 Å². The summed E-state index contributed by atoms with van der Waals surface area (Å²) in [5.41, 5.74) is 3.49. The third-order valence-electron chi connectivity index (χ3n) is 4.49. The molecule has 1 aliphatic carbocycles. The molecule has 1 aromatic carbocycles. The summed E-state index contributed by atoms with van der Waals surface area (Å²) in [6.07, 6.45) is 5.96. The minimum Gasteiger partial charge on any atom is -0.394 e. The van der Waals surface area contributed by atoms with Gasteiger partial charge in [0, 0.05) is 23.3 Å². The molecule has 124 valence electrons. The van der Waals surface area contributed by atoms with Gasteiger partial charge in [-0.15, -0.1) is 0 Å². The van der Waals surface area contributed by atoms with Gasteiger partial charge in [-0.25, -0.2) is 4.39 Å². The Balaban J connectivity index is 1.67. The number of fused-ring (bicyclic) bond motifs is 1. The molecular formula is C18H24FN3O. The van der Waals surface area contributed by atoms with E-state index >= 15 is 0 Å². The van der Waals surface area contributed by atoms with Crippen molar-refractivity contribution < 1.29 is 9.50 Å². The molecule has 1 aromatic heterocycles. The van der Waals surface area contributed by atoms with Crippen molar-refractivity contribution in [3.63, 3.8) is 0 Å². The average Bonchev–Trinajstić information content (AvgIpc) is 2.92. The fraction of sp³-hybridized carbons (Fsp3) is 0.500. The van der Waals surface area contributed by atoms with E-state index in [0.29, 0.717) is 6.54 Å². The lowest BCUT2D eigenvalue weighted by Crippen LogP contribution is -2.34. The van der Waals surface area contributed by atoms with Crippen LogP contribution in [0.1, 0.15) is 42.6 Å². The molecule has 4 nitrogen and oxygen atoms in total. The summed E-state index contributed by atoms with van der Waals surface area (Å²) < 4.78 is 15.2. The summed E-state index contributed by atoms with van der Waals surface area (Å²) in [7, 11) is 0. The maximum Gasteiger partial charge on any atom is 0.123 e. The van der Waals surface area contributed by atoms with Crippen LogP contribution in [0.25, 0.3) is 0 Å². The Morgan fingerprint density at radius 1 is 1.48 bits per heavy atom. The van der Waals surface area contributed by atoms with Crippen LogP contribution in [0.15, 0.2) is 30.5 Å². The van der Waals surface area contributed by atoms with E-state index in [9.17, 15) is 4.39 Å². The quantitative estimate of drug-likeness (QED) is 0.861. The lowest BCUT2D eigenvalue weighted by molar-refractivity contribution is 0.266. The zero-order chi connectivity index (χ0) is 16.2. The van der Waals surface area contributed by atoms with Gasteiger partial charge in [-0.2, -0.15) is 5.10 Å². The van der Waals surface area contributed by atoms with Gasteiger partial charge in [0.25, 0.3) is 0 Å². The van der Waals surface area contributed by atoms with Crippen molar-refractivity contribution in [1.82, 2.24) is 15.1 Å². The van der Waals surface area contributed by atoms with Gasteiger partial charge in [-0.05, 0) is 50.3 Å². The van der Waals surface area contributed by atoms with Crippen molar-refractivity contribution in [1.29, 1.82) is 0 Å². The zero-order valence-electron chi connectivity index (χ0n) is 13.5. The van der Waals surface area contributed by atoms with Crippen LogP contribution in [0.2, 0.25) is 0 Å². The predicted octanol–water partition coefficient (Wildman–Crippen LogP) is 2.61. The molecule has 3 rings (SSSR count). The van der Waals surface area contributed by atoms with Crippen molar-refractivity contribution >= 4 is 0 Å². The van der Waals surface area contributed by atoms with Crippen LogP contribution >= 0.6 is 0 Å². The SMILES string of the molecule is CC(Cc1cccc(F)c1)NC1CCCc2c1cnn2CCO. The van der Waals surface area contributed by atoms with Gasteiger partial charge in [-0.3, -0.25) is 4.68 Å². The second kappa shape index (κ2) is 7.23. The summed E-state index contributed by atoms with van der Waals surface area (Å²) in [5.74, 6) is -0.181. The van der Waals surface area contributed by atoms with Gasteiger partial charge < -0.3 is 10.4 Å². The first kappa shape index (κ1) is 16.1. The van der Waals surface area contributed by atoms with Gasteiger partial charge in [0.1, 0.15) is 5.82 Å². The highest BCUT2D eigenvalue weighted by molar-refractivity contribution is 5.25. The number of hydrogen-bond donors (Lipinski definition) is 2. The largest absolute Gasteiger partial charge is 0.394 e. The van der Waals surface area contributed by atoms with Crippen LogP contribution in [0.3, 0.4) is 0 Å². The van der Waals surface area contributed by atoms with Crippen LogP contribution in [0, 0.1) is 5.82 Å². The van der Waals surface area contributed by atoms with Gasteiger partial charge in [-0.1, -0.05) is 12.1 Å². The highest BCUT2D eigenvalue weighted by atomic mass is 19.1. The standard InChI is InChI=1S/C18H24FN3O/c1-13(10-14-4-2-5-15(19)11-14)21-17-6-3-7-18-16(17)12-20-22(18)8-9-23/h2,4-5,11-13,17,21,23H,3,6-10H2,1H3. The van der Waals surface area contributed by atoms with Crippen LogP contribution in [0.5, 0.6) is 0 Å². The molecule has 0 bridgehead atoms. The summed E-state index contributed by atoms with van der Waals surface area (Å²) in [6.45, 7) is 2.81. The lowest BCUT2D eigenvalue weighted by atomic mass is 9.92. The summed E-state index contributed by atoms with van der Waals surface area (Å²) >= 11 is 0. The van der Waals surface area contributed by atoms with Crippen LogP contribution in [0.4, 0.5) is 4.39 Å². The zero-order valence-corrected chi connectivity index (χ0v) is 13.5. The maximum absolute atomic E-state index is 13.3. The molecule has 23 heavy (non-hydrogen) atoms. The third kappa shape index (κ3) is 3.79. The first-order valence-corrected chi connectivity index (χ1v) is 8.33. The molecule has 5 heteroatoms.